The van der Waals surface area contributed by atoms with E-state index in [0.29, 0.717) is 52.0 Å². The molecule has 0 aromatic heterocycles. The highest BCUT2D eigenvalue weighted by molar-refractivity contribution is 7.85. The van der Waals surface area contributed by atoms with Crippen molar-refractivity contribution in [3.63, 3.8) is 0 Å². The molecule has 0 amide bonds. The van der Waals surface area contributed by atoms with Crippen LogP contribution in [0.4, 0.5) is 0 Å². The third-order valence-corrected chi connectivity index (χ3v) is 5.78. The van der Waals surface area contributed by atoms with E-state index in [4.69, 9.17) is 9.47 Å². The molecule has 1 atom stereocenters. The molecule has 2 rings (SSSR count). The monoisotopic (exact) mass is 289 g/mol. The van der Waals surface area contributed by atoms with Crippen LogP contribution in [0.5, 0.6) is 0 Å². The molecular formula is C12H19NO5S. The number of piperidine rings is 1. The van der Waals surface area contributed by atoms with Crippen LogP contribution in [0.15, 0.2) is 0 Å². The molecule has 0 aromatic carbocycles. The maximum atomic E-state index is 12.8. The van der Waals surface area contributed by atoms with Crippen molar-refractivity contribution in [3.8, 4) is 0 Å². The van der Waals surface area contributed by atoms with Gasteiger partial charge in [0.2, 0.25) is 0 Å². The van der Waals surface area contributed by atoms with Gasteiger partial charge in [-0.3, -0.25) is 9.59 Å². The molecule has 19 heavy (non-hydrogen) atoms. The van der Waals surface area contributed by atoms with Crippen LogP contribution in [0.1, 0.15) is 25.7 Å². The highest BCUT2D eigenvalue weighted by Crippen LogP contribution is 2.31. The molecule has 0 radical (unpaired) electrons. The van der Waals surface area contributed by atoms with E-state index >= 15 is 0 Å². The third-order valence-electron chi connectivity index (χ3n) is 3.71. The zero-order valence-corrected chi connectivity index (χ0v) is 11.9. The van der Waals surface area contributed by atoms with Crippen LogP contribution in [0.25, 0.3) is 0 Å². The topological polar surface area (TPSA) is 72.9 Å². The number of methoxy groups -OCH3 is 1. The molecule has 2 fully saturated rings. The van der Waals surface area contributed by atoms with Crippen molar-refractivity contribution < 1.29 is 23.3 Å². The van der Waals surface area contributed by atoms with E-state index < -0.39 is 21.7 Å². The Morgan fingerprint density at radius 2 is 1.89 bits per heavy atom. The van der Waals surface area contributed by atoms with Gasteiger partial charge in [0.15, 0.2) is 4.75 Å². The predicted molar refractivity (Wildman–Crippen MR) is 68.8 cm³/mol. The summed E-state index contributed by atoms with van der Waals surface area (Å²) in [6.07, 6.45) is 1.60. The molecule has 2 aliphatic heterocycles. The summed E-state index contributed by atoms with van der Waals surface area (Å²) >= 11 is 0. The first-order chi connectivity index (χ1) is 9.10. The summed E-state index contributed by atoms with van der Waals surface area (Å²) in [4.78, 5) is 23.3. The van der Waals surface area contributed by atoms with Crippen molar-refractivity contribution in [1.82, 2.24) is 4.31 Å². The van der Waals surface area contributed by atoms with E-state index in [0.717, 1.165) is 0 Å². The summed E-state index contributed by atoms with van der Waals surface area (Å²) in [6, 6.07) is 0. The number of carbonyl (C=O) groups excluding carboxylic acids is 2. The Bertz CT molecular complexity index is 382. The Balaban J connectivity index is 2.16. The molecule has 0 spiro atoms. The smallest absolute Gasteiger partial charge is 0.326 e. The van der Waals surface area contributed by atoms with E-state index in [9.17, 15) is 13.8 Å². The van der Waals surface area contributed by atoms with Gasteiger partial charge in [-0.1, -0.05) is 0 Å². The van der Waals surface area contributed by atoms with Gasteiger partial charge in [-0.15, -0.1) is 0 Å². The Morgan fingerprint density at radius 3 is 2.42 bits per heavy atom. The van der Waals surface area contributed by atoms with E-state index in [1.54, 1.807) is 4.31 Å². The number of rotatable bonds is 3. The Hall–Kier alpha value is -0.790. The molecule has 1 unspecified atom stereocenters. The minimum Gasteiger partial charge on any atom is -0.468 e. The van der Waals surface area contributed by atoms with E-state index in [2.05, 4.69) is 0 Å². The fourth-order valence-electron chi connectivity index (χ4n) is 2.49. The SMILES string of the molecule is COC(=O)C1(S(=O)N2CCC(=O)CC2)CCOCC1. The van der Waals surface area contributed by atoms with Crippen molar-refractivity contribution in [2.45, 2.75) is 30.4 Å². The lowest BCUT2D eigenvalue weighted by Crippen LogP contribution is -2.54. The molecule has 7 heteroatoms. The van der Waals surface area contributed by atoms with Crippen molar-refractivity contribution in [2.24, 2.45) is 0 Å². The van der Waals surface area contributed by atoms with E-state index in [1.165, 1.54) is 7.11 Å². The summed E-state index contributed by atoms with van der Waals surface area (Å²) in [5.74, 6) is -0.252. The largest absolute Gasteiger partial charge is 0.468 e. The third kappa shape index (κ3) is 2.88. The second-order valence-electron chi connectivity index (χ2n) is 4.82. The summed E-state index contributed by atoms with van der Waals surface area (Å²) in [5.41, 5.74) is 0. The Kier molecular flexibility index (Phi) is 4.70. The summed E-state index contributed by atoms with van der Waals surface area (Å²) in [7, 11) is -0.154. The number of hydrogen-bond acceptors (Lipinski definition) is 5. The maximum Gasteiger partial charge on any atom is 0.326 e. The normalized spacial score (nSPS) is 25.8. The summed E-state index contributed by atoms with van der Waals surface area (Å²) in [6.45, 7) is 1.72. The Morgan fingerprint density at radius 1 is 1.32 bits per heavy atom. The molecule has 2 aliphatic rings. The van der Waals surface area contributed by atoms with E-state index in [-0.39, 0.29) is 5.78 Å². The second kappa shape index (κ2) is 6.11. The van der Waals surface area contributed by atoms with Gasteiger partial charge in [-0.2, -0.15) is 0 Å². The highest BCUT2D eigenvalue weighted by Gasteiger charge is 2.49. The second-order valence-corrected chi connectivity index (χ2v) is 6.61. The summed E-state index contributed by atoms with van der Waals surface area (Å²) in [5, 5.41) is 0. The van der Waals surface area contributed by atoms with Crippen LogP contribution < -0.4 is 0 Å². The first-order valence-corrected chi connectivity index (χ1v) is 7.55. The van der Waals surface area contributed by atoms with Crippen LogP contribution >= 0.6 is 0 Å². The van der Waals surface area contributed by atoms with Gasteiger partial charge in [0.25, 0.3) is 0 Å². The number of nitrogens with zero attached hydrogens (tertiary/aromatic N) is 1. The molecule has 0 aliphatic carbocycles. The van der Waals surface area contributed by atoms with Gasteiger partial charge in [0.05, 0.1) is 7.11 Å². The minimum atomic E-state index is -1.47. The lowest BCUT2D eigenvalue weighted by molar-refractivity contribution is -0.146. The van der Waals surface area contributed by atoms with Crippen molar-refractivity contribution in [1.29, 1.82) is 0 Å². The van der Waals surface area contributed by atoms with E-state index in [1.807, 2.05) is 0 Å². The fourth-order valence-corrected chi connectivity index (χ4v) is 4.24. The van der Waals surface area contributed by atoms with Gasteiger partial charge in [0, 0.05) is 39.1 Å². The first kappa shape index (κ1) is 14.6. The predicted octanol–water partition coefficient (Wildman–Crippen LogP) is 0.0372. The maximum absolute atomic E-state index is 12.8. The molecule has 6 nitrogen and oxygen atoms in total. The molecule has 2 saturated heterocycles. The van der Waals surface area contributed by atoms with Crippen LogP contribution in [0.2, 0.25) is 0 Å². The van der Waals surface area contributed by atoms with Gasteiger partial charge in [-0.25, -0.2) is 8.51 Å². The van der Waals surface area contributed by atoms with Crippen LogP contribution in [0, 0.1) is 0 Å². The zero-order chi connectivity index (χ0) is 13.9. The Labute approximate surface area is 115 Å². The van der Waals surface area contributed by atoms with Gasteiger partial charge in [0.1, 0.15) is 16.8 Å². The van der Waals surface area contributed by atoms with Crippen molar-refractivity contribution in [3.05, 3.63) is 0 Å². The number of carbonyl (C=O) groups is 2. The molecule has 2 heterocycles. The van der Waals surface area contributed by atoms with Crippen LogP contribution in [-0.2, 0) is 30.0 Å². The molecule has 108 valence electrons. The quantitative estimate of drug-likeness (QED) is 0.686. The van der Waals surface area contributed by atoms with Gasteiger partial charge < -0.3 is 9.47 Å². The number of ketones is 1. The molecule has 0 aromatic rings. The standard InChI is InChI=1S/C12H19NO5S/c1-17-11(15)12(4-8-18-9-5-12)19(16)13-6-2-10(14)3-7-13/h2-9H2,1H3. The lowest BCUT2D eigenvalue weighted by Gasteiger charge is -2.38. The molecule has 0 bridgehead atoms. The average molecular weight is 289 g/mol. The molecular weight excluding hydrogens is 270 g/mol. The van der Waals surface area contributed by atoms with Crippen LogP contribution in [-0.4, -0.2) is 58.4 Å². The number of Topliss-reactive ketones (excluding diaryl/α,β-unsaturated/α-hetero) is 1. The van der Waals surface area contributed by atoms with Gasteiger partial charge >= 0.3 is 5.97 Å². The van der Waals surface area contributed by atoms with Gasteiger partial charge in [-0.05, 0) is 12.8 Å². The summed E-state index contributed by atoms with van der Waals surface area (Å²) < 4.78 is 23.6. The van der Waals surface area contributed by atoms with Crippen molar-refractivity contribution >= 4 is 22.7 Å². The number of hydrogen-bond donors (Lipinski definition) is 0. The number of ether oxygens (including phenoxy) is 2. The number of esters is 1. The first-order valence-electron chi connectivity index (χ1n) is 6.45. The molecule has 0 saturated carbocycles. The minimum absolute atomic E-state index is 0.187. The highest BCUT2D eigenvalue weighted by atomic mass is 32.2. The zero-order valence-electron chi connectivity index (χ0n) is 11.1. The lowest BCUT2D eigenvalue weighted by atomic mass is 9.99. The van der Waals surface area contributed by atoms with Crippen LogP contribution in [0.3, 0.4) is 0 Å². The fraction of sp³-hybridized carbons (Fsp3) is 0.833. The average Bonchev–Trinajstić information content (AvgIpc) is 2.47. The molecule has 0 N–H and O–H groups in total. The van der Waals surface area contributed by atoms with Crippen molar-refractivity contribution in [2.75, 3.05) is 33.4 Å².